The average Bonchev–Trinajstić information content (AvgIpc) is 1.46. The quantitative estimate of drug-likeness (QED) is 0.270. The second kappa shape index (κ2) is 78.3. The van der Waals surface area contributed by atoms with E-state index in [1.165, 1.54) is 0 Å². The molecular weight excluding hydrogens is 82.1 g/mol. The molecule has 0 atom stereocenters. The molecule has 28 valence electrons. The molecule has 0 amide bonds. The van der Waals surface area contributed by atoms with Crippen LogP contribution in [0.5, 0.6) is 0 Å². The Morgan fingerprint density at radius 2 is 1.60 bits per heavy atom. The Bertz CT molecular complexity index is 36.2. The highest BCUT2D eigenvalue weighted by atomic mass is 32.1. The molecule has 0 aliphatic rings. The van der Waals surface area contributed by atoms with Gasteiger partial charge in [0.05, 0.1) is 5.16 Å². The van der Waals surface area contributed by atoms with Crippen molar-refractivity contribution in [3.05, 3.63) is 13.2 Å². The molecule has 0 radical (unpaired) electrons. The summed E-state index contributed by atoms with van der Waals surface area (Å²) in [6, 6.07) is 0. The molecule has 2 heteroatoms. The highest BCUT2D eigenvalue weighted by Gasteiger charge is 0.975. The van der Waals surface area contributed by atoms with Crippen LogP contribution in [0.1, 0.15) is 0 Å². The van der Waals surface area contributed by atoms with Crippen molar-refractivity contribution in [1.82, 2.24) is 0 Å². The Morgan fingerprint density at radius 1 is 1.60 bits per heavy atom. The van der Waals surface area contributed by atoms with Gasteiger partial charge in [0, 0.05) is 0 Å². The molecule has 0 aliphatic heterocycles. The minimum atomic E-state index is 1.58. The van der Waals surface area contributed by atoms with Crippen molar-refractivity contribution in [1.29, 1.82) is 5.41 Å². The number of isothiocyanates is 1. The SMILES string of the molecule is C=C.N=C=S. The van der Waals surface area contributed by atoms with E-state index in [4.69, 9.17) is 5.41 Å². The summed E-state index contributed by atoms with van der Waals surface area (Å²) in [5.74, 6) is 0. The van der Waals surface area contributed by atoms with Crippen molar-refractivity contribution in [3.63, 3.8) is 0 Å². The smallest absolute Gasteiger partial charge is 0.0554 e. The highest BCUT2D eigenvalue weighted by molar-refractivity contribution is 7.78. The van der Waals surface area contributed by atoms with Crippen LogP contribution in [0.2, 0.25) is 0 Å². The Hall–Kier alpha value is -0.460. The van der Waals surface area contributed by atoms with Gasteiger partial charge in [-0.25, -0.2) is 5.41 Å². The summed E-state index contributed by atoms with van der Waals surface area (Å²) < 4.78 is 0. The first-order valence-corrected chi connectivity index (χ1v) is 1.36. The number of nitrogens with one attached hydrogen (secondary N) is 1. The molecule has 5 heavy (non-hydrogen) atoms. The standard InChI is InChI=1S/C2H4.CHNS/c1-2;2-1-3/h1-2H2;2H. The van der Waals surface area contributed by atoms with Crippen LogP contribution in [0.4, 0.5) is 0 Å². The third-order valence-corrected chi connectivity index (χ3v) is 0. The number of hydrogen-bond acceptors (Lipinski definition) is 2. The molecule has 0 spiro atoms. The van der Waals surface area contributed by atoms with Crippen LogP contribution in [-0.4, -0.2) is 5.16 Å². The Kier molecular flexibility index (Phi) is 138. The summed E-state index contributed by atoms with van der Waals surface area (Å²) >= 11 is 3.81. The maximum Gasteiger partial charge on any atom is 0.0554 e. The van der Waals surface area contributed by atoms with E-state index < -0.39 is 0 Å². The highest BCUT2D eigenvalue weighted by Crippen LogP contribution is 1.16. The molecule has 0 aromatic carbocycles. The first kappa shape index (κ1) is 8.82. The number of thiocarbonyl (C=S) groups is 1. The van der Waals surface area contributed by atoms with E-state index in [2.05, 4.69) is 25.4 Å². The maximum atomic E-state index is 5.77. The van der Waals surface area contributed by atoms with Gasteiger partial charge in [-0.15, -0.1) is 13.2 Å². The second-order valence-corrected chi connectivity index (χ2v) is 0.306. The first-order valence-electron chi connectivity index (χ1n) is 0.954. The zero-order valence-corrected chi connectivity index (χ0v) is 3.64. The van der Waals surface area contributed by atoms with Crippen LogP contribution in [0.3, 0.4) is 0 Å². The Morgan fingerprint density at radius 3 is 1.60 bits per heavy atom. The molecule has 0 rings (SSSR count). The van der Waals surface area contributed by atoms with Crippen LogP contribution in [-0.2, 0) is 0 Å². The third kappa shape index (κ3) is 39.7. The lowest BCUT2D eigenvalue weighted by Gasteiger charge is -1.05. The minimum Gasteiger partial charge on any atom is -0.248 e. The van der Waals surface area contributed by atoms with Crippen molar-refractivity contribution < 1.29 is 0 Å². The Balaban J connectivity index is 0. The summed E-state index contributed by atoms with van der Waals surface area (Å²) in [5, 5.41) is 7.36. The molecule has 0 aliphatic carbocycles. The van der Waals surface area contributed by atoms with Crippen LogP contribution < -0.4 is 0 Å². The van der Waals surface area contributed by atoms with E-state index in [1.807, 2.05) is 0 Å². The fraction of sp³-hybridized carbons (Fsp3) is 0. The van der Waals surface area contributed by atoms with Crippen LogP contribution >= 0.6 is 12.2 Å². The zero-order chi connectivity index (χ0) is 4.71. The molecular formula is C3H5NS. The van der Waals surface area contributed by atoms with Gasteiger partial charge in [-0.2, -0.15) is 0 Å². The van der Waals surface area contributed by atoms with E-state index in [1.54, 1.807) is 5.16 Å². The van der Waals surface area contributed by atoms with Gasteiger partial charge >= 0.3 is 0 Å². The van der Waals surface area contributed by atoms with Gasteiger partial charge in [-0.1, -0.05) is 0 Å². The van der Waals surface area contributed by atoms with Crippen molar-refractivity contribution in [2.75, 3.05) is 0 Å². The van der Waals surface area contributed by atoms with Gasteiger partial charge in [0.2, 0.25) is 0 Å². The summed E-state index contributed by atoms with van der Waals surface area (Å²) in [6.07, 6.45) is 0. The van der Waals surface area contributed by atoms with Crippen molar-refractivity contribution in [2.45, 2.75) is 0 Å². The second-order valence-electron chi connectivity index (χ2n) is 0.102. The summed E-state index contributed by atoms with van der Waals surface area (Å²) in [7, 11) is 0. The van der Waals surface area contributed by atoms with Gasteiger partial charge in [0.25, 0.3) is 0 Å². The lowest BCUT2D eigenvalue weighted by molar-refractivity contribution is 1.61. The predicted molar refractivity (Wildman–Crippen MR) is 26.6 cm³/mol. The van der Waals surface area contributed by atoms with Gasteiger partial charge < -0.3 is 0 Å². The number of rotatable bonds is 0. The first-order chi connectivity index (χ1) is 2.41. The fourth-order valence-corrected chi connectivity index (χ4v) is 0. The van der Waals surface area contributed by atoms with Crippen LogP contribution in [0.25, 0.3) is 0 Å². The van der Waals surface area contributed by atoms with E-state index >= 15 is 0 Å². The van der Waals surface area contributed by atoms with E-state index in [0.29, 0.717) is 0 Å². The lowest BCUT2D eigenvalue weighted by atomic mass is 11.3. The molecule has 1 nitrogen and oxygen atoms in total. The average molecular weight is 87.1 g/mol. The molecule has 0 aromatic heterocycles. The molecule has 0 saturated heterocycles. The van der Waals surface area contributed by atoms with Crippen molar-refractivity contribution in [2.24, 2.45) is 0 Å². The minimum absolute atomic E-state index is 1.58. The molecule has 0 saturated carbocycles. The van der Waals surface area contributed by atoms with E-state index in [0.717, 1.165) is 0 Å². The molecule has 0 unspecified atom stereocenters. The number of hydrogen-bond donors (Lipinski definition) is 1. The van der Waals surface area contributed by atoms with Gasteiger partial charge in [-0.3, -0.25) is 0 Å². The van der Waals surface area contributed by atoms with Gasteiger partial charge in [-0.05, 0) is 12.2 Å². The largest absolute Gasteiger partial charge is 0.248 e. The topological polar surface area (TPSA) is 23.9 Å². The van der Waals surface area contributed by atoms with E-state index in [-0.39, 0.29) is 0 Å². The Labute approximate surface area is 36.8 Å². The summed E-state index contributed by atoms with van der Waals surface area (Å²) in [5.41, 5.74) is 0. The molecule has 0 heterocycles. The third-order valence-electron chi connectivity index (χ3n) is 0. The molecule has 1 N–H and O–H groups in total. The fourth-order valence-electron chi connectivity index (χ4n) is 0. The summed E-state index contributed by atoms with van der Waals surface area (Å²) in [6.45, 7) is 6.00. The van der Waals surface area contributed by atoms with Gasteiger partial charge in [0.1, 0.15) is 0 Å². The maximum absolute atomic E-state index is 5.77. The zero-order valence-electron chi connectivity index (χ0n) is 2.82. The van der Waals surface area contributed by atoms with Crippen molar-refractivity contribution >= 4 is 17.4 Å². The van der Waals surface area contributed by atoms with Crippen LogP contribution in [0, 0.1) is 5.41 Å². The summed E-state index contributed by atoms with van der Waals surface area (Å²) in [4.78, 5) is 0. The lowest BCUT2D eigenvalue weighted by Crippen LogP contribution is -1.03. The van der Waals surface area contributed by atoms with E-state index in [9.17, 15) is 0 Å². The predicted octanol–water partition coefficient (Wildman–Crippen LogP) is 1.47. The molecule has 0 fully saturated rings. The monoisotopic (exact) mass is 87.0 g/mol. The van der Waals surface area contributed by atoms with Crippen LogP contribution in [0.15, 0.2) is 13.2 Å². The van der Waals surface area contributed by atoms with Crippen molar-refractivity contribution in [3.8, 4) is 0 Å². The molecule has 0 bridgehead atoms. The normalized spacial score (nSPS) is 2.40. The van der Waals surface area contributed by atoms with Gasteiger partial charge in [0.15, 0.2) is 0 Å². The molecule has 0 aromatic rings.